The zero-order chi connectivity index (χ0) is 30.0. The van der Waals surface area contributed by atoms with E-state index in [2.05, 4.69) is 128 Å². The highest BCUT2D eigenvalue weighted by molar-refractivity contribution is 5.87. The second-order valence-electron chi connectivity index (χ2n) is 14.1. The summed E-state index contributed by atoms with van der Waals surface area (Å²) in [6, 6.07) is 28.0. The summed E-state index contributed by atoms with van der Waals surface area (Å²) in [7, 11) is 0. The molecular weight excluding hydrogens is 512 g/mol. The van der Waals surface area contributed by atoms with E-state index in [4.69, 9.17) is 4.74 Å². The molecule has 0 atom stereocenters. The number of rotatable bonds is 6. The minimum absolute atomic E-state index is 0.0470. The summed E-state index contributed by atoms with van der Waals surface area (Å²) in [6.45, 7) is 20.2. The van der Waals surface area contributed by atoms with E-state index in [1.807, 2.05) is 0 Å². The molecule has 0 aromatic heterocycles. The van der Waals surface area contributed by atoms with E-state index in [1.54, 1.807) is 0 Å². The average molecular weight is 555 g/mol. The Balaban J connectivity index is 1.31. The molecule has 2 aliphatic rings. The quantitative estimate of drug-likeness (QED) is 0.135. The van der Waals surface area contributed by atoms with Gasteiger partial charge >= 0.3 is 5.97 Å². The molecule has 0 saturated carbocycles. The van der Waals surface area contributed by atoms with E-state index in [0.29, 0.717) is 6.61 Å². The zero-order valence-electron chi connectivity index (χ0n) is 26.2. The summed E-state index contributed by atoms with van der Waals surface area (Å²) < 4.78 is 5.17. The highest BCUT2D eigenvalue weighted by Gasteiger charge is 2.38. The fraction of sp³-hybridized carbons (Fsp3) is 0.325. The van der Waals surface area contributed by atoms with E-state index in [0.717, 1.165) is 12.8 Å². The van der Waals surface area contributed by atoms with Crippen molar-refractivity contribution in [2.45, 2.75) is 77.6 Å². The predicted molar refractivity (Wildman–Crippen MR) is 175 cm³/mol. The van der Waals surface area contributed by atoms with Crippen LogP contribution < -0.4 is 0 Å². The second-order valence-corrected chi connectivity index (χ2v) is 14.1. The first-order chi connectivity index (χ1) is 19.8. The number of aryl methyl sites for hydroxylation is 1. The standard InChI is InChI=1S/C40H42O2/c1-9-37(41)42-20-10-11-25-12-16-29-30-17-13-26(22-34(30)39(5,6)33(29)21-25)27-14-18-31-32-19-15-28(38(2,3)4)24-36(32)40(7,8)35(31)23-27/h9,12-19,21-24H,1,10-11,20H2,2-8H3. The SMILES string of the molecule is C=CC(=O)OCCCc1ccc2c(c1)C(C)(C)c1cc(-c3ccc4c(c3)C(C)(C)c3cc(C(C)(C)C)ccc3-4)ccc1-2. The van der Waals surface area contributed by atoms with Gasteiger partial charge in [0.1, 0.15) is 0 Å². The largest absolute Gasteiger partial charge is 0.463 e. The first kappa shape index (κ1) is 28.2. The van der Waals surface area contributed by atoms with Crippen LogP contribution in [0.1, 0.15) is 88.3 Å². The Hall–Kier alpha value is -3.91. The molecule has 6 rings (SSSR count). The van der Waals surface area contributed by atoms with Crippen LogP contribution in [-0.2, 0) is 32.2 Å². The van der Waals surface area contributed by atoms with Gasteiger partial charge in [-0.3, -0.25) is 0 Å². The molecule has 2 heteroatoms. The first-order valence-corrected chi connectivity index (χ1v) is 15.2. The van der Waals surface area contributed by atoms with Gasteiger partial charge in [0.05, 0.1) is 6.61 Å². The normalized spacial score (nSPS) is 15.4. The molecule has 0 fully saturated rings. The fourth-order valence-electron chi connectivity index (χ4n) is 7.01. The Kier molecular flexibility index (Phi) is 6.61. The second kappa shape index (κ2) is 9.83. The van der Waals surface area contributed by atoms with Gasteiger partial charge in [-0.2, -0.15) is 0 Å². The monoisotopic (exact) mass is 554 g/mol. The van der Waals surface area contributed by atoms with Gasteiger partial charge < -0.3 is 4.74 Å². The van der Waals surface area contributed by atoms with Crippen molar-refractivity contribution in [2.75, 3.05) is 6.61 Å². The minimum atomic E-state index is -0.359. The average Bonchev–Trinajstić information content (AvgIpc) is 3.33. The van der Waals surface area contributed by atoms with E-state index in [-0.39, 0.29) is 22.2 Å². The molecule has 2 nitrogen and oxygen atoms in total. The lowest BCUT2D eigenvalue weighted by molar-refractivity contribution is -0.137. The molecule has 4 aromatic rings. The van der Waals surface area contributed by atoms with Crippen molar-refractivity contribution in [3.8, 4) is 33.4 Å². The van der Waals surface area contributed by atoms with Gasteiger partial charge in [-0.05, 0) is 97.2 Å². The number of carbonyl (C=O) groups excluding carboxylic acids is 1. The Bertz CT molecular complexity index is 1740. The summed E-state index contributed by atoms with van der Waals surface area (Å²) in [6.07, 6.45) is 2.89. The van der Waals surface area contributed by atoms with E-state index in [1.165, 1.54) is 72.8 Å². The maximum atomic E-state index is 11.4. The van der Waals surface area contributed by atoms with E-state index in [9.17, 15) is 4.79 Å². The van der Waals surface area contributed by atoms with Crippen molar-refractivity contribution >= 4 is 5.97 Å². The van der Waals surface area contributed by atoms with Crippen LogP contribution in [-0.4, -0.2) is 12.6 Å². The molecule has 0 unspecified atom stereocenters. The van der Waals surface area contributed by atoms with Gasteiger partial charge in [0.25, 0.3) is 0 Å². The maximum absolute atomic E-state index is 11.4. The van der Waals surface area contributed by atoms with Crippen LogP contribution in [0.25, 0.3) is 33.4 Å². The number of hydrogen-bond acceptors (Lipinski definition) is 2. The van der Waals surface area contributed by atoms with Gasteiger partial charge in [-0.25, -0.2) is 4.79 Å². The number of fused-ring (bicyclic) bond motifs is 6. The highest BCUT2D eigenvalue weighted by Crippen LogP contribution is 2.52. The molecule has 4 aromatic carbocycles. The maximum Gasteiger partial charge on any atom is 0.330 e. The Morgan fingerprint density at radius 2 is 1.19 bits per heavy atom. The summed E-state index contributed by atoms with van der Waals surface area (Å²) in [5, 5.41) is 0. The Labute approximate surface area is 251 Å². The van der Waals surface area contributed by atoms with Crippen molar-refractivity contribution < 1.29 is 9.53 Å². The fourth-order valence-corrected chi connectivity index (χ4v) is 7.01. The minimum Gasteiger partial charge on any atom is -0.463 e. The molecular formula is C40H42O2. The van der Waals surface area contributed by atoms with Crippen molar-refractivity contribution in [3.05, 3.63) is 119 Å². The number of carbonyl (C=O) groups is 1. The van der Waals surface area contributed by atoms with Gasteiger partial charge in [0.2, 0.25) is 0 Å². The molecule has 0 bridgehead atoms. The number of benzene rings is 4. The van der Waals surface area contributed by atoms with Gasteiger partial charge in [-0.15, -0.1) is 0 Å². The molecule has 0 spiro atoms. The number of ether oxygens (including phenoxy) is 1. The van der Waals surface area contributed by atoms with E-state index >= 15 is 0 Å². The molecule has 214 valence electrons. The molecule has 0 amide bonds. The third-order valence-electron chi connectivity index (χ3n) is 9.64. The summed E-state index contributed by atoms with van der Waals surface area (Å²) in [4.78, 5) is 11.4. The lowest BCUT2D eigenvalue weighted by atomic mass is 9.78. The van der Waals surface area contributed by atoms with Crippen molar-refractivity contribution in [3.63, 3.8) is 0 Å². The molecule has 0 N–H and O–H groups in total. The summed E-state index contributed by atoms with van der Waals surface area (Å²) in [5.41, 5.74) is 16.2. The third-order valence-corrected chi connectivity index (χ3v) is 9.64. The molecule has 0 aliphatic heterocycles. The smallest absolute Gasteiger partial charge is 0.330 e. The van der Waals surface area contributed by atoms with Gasteiger partial charge in [0.15, 0.2) is 0 Å². The molecule has 0 radical (unpaired) electrons. The summed E-state index contributed by atoms with van der Waals surface area (Å²) >= 11 is 0. The van der Waals surface area contributed by atoms with Gasteiger partial charge in [0, 0.05) is 16.9 Å². The highest BCUT2D eigenvalue weighted by atomic mass is 16.5. The molecule has 0 saturated heterocycles. The molecule has 42 heavy (non-hydrogen) atoms. The van der Waals surface area contributed by atoms with Crippen LogP contribution in [0, 0.1) is 0 Å². The van der Waals surface area contributed by atoms with Crippen molar-refractivity contribution in [2.24, 2.45) is 0 Å². The lowest BCUT2D eigenvalue weighted by Crippen LogP contribution is -2.17. The number of hydrogen-bond donors (Lipinski definition) is 0. The van der Waals surface area contributed by atoms with Crippen molar-refractivity contribution in [1.82, 2.24) is 0 Å². The molecule has 0 heterocycles. The summed E-state index contributed by atoms with van der Waals surface area (Å²) in [5.74, 6) is -0.359. The lowest BCUT2D eigenvalue weighted by Gasteiger charge is -2.25. The Morgan fingerprint density at radius 1 is 0.714 bits per heavy atom. The van der Waals surface area contributed by atoms with Crippen LogP contribution in [0.15, 0.2) is 85.5 Å². The number of esters is 1. The van der Waals surface area contributed by atoms with Crippen LogP contribution >= 0.6 is 0 Å². The van der Waals surface area contributed by atoms with Crippen molar-refractivity contribution in [1.29, 1.82) is 0 Å². The van der Waals surface area contributed by atoms with Gasteiger partial charge in [-0.1, -0.05) is 116 Å². The topological polar surface area (TPSA) is 26.3 Å². The van der Waals surface area contributed by atoms with Crippen LogP contribution in [0.2, 0.25) is 0 Å². The first-order valence-electron chi connectivity index (χ1n) is 15.2. The van der Waals surface area contributed by atoms with Crippen LogP contribution in [0.5, 0.6) is 0 Å². The van der Waals surface area contributed by atoms with E-state index < -0.39 is 0 Å². The zero-order valence-corrected chi connectivity index (χ0v) is 26.2. The van der Waals surface area contributed by atoms with Crippen LogP contribution in [0.3, 0.4) is 0 Å². The van der Waals surface area contributed by atoms with Crippen LogP contribution in [0.4, 0.5) is 0 Å². The predicted octanol–water partition coefficient (Wildman–Crippen LogP) is 9.93. The third kappa shape index (κ3) is 4.53. The Morgan fingerprint density at radius 3 is 1.71 bits per heavy atom. The molecule has 2 aliphatic carbocycles.